The van der Waals surface area contributed by atoms with Gasteiger partial charge in [0, 0.05) is 28.4 Å². The molecule has 0 aliphatic rings. The molecule has 1 aromatic heterocycles. The molecule has 4 aromatic rings. The zero-order chi connectivity index (χ0) is 19.0. The van der Waals surface area contributed by atoms with Crippen LogP contribution >= 0.6 is 0 Å². The second-order valence-electron chi connectivity index (χ2n) is 6.30. The molecule has 0 bridgehead atoms. The van der Waals surface area contributed by atoms with Crippen LogP contribution in [0.25, 0.3) is 21.8 Å². The van der Waals surface area contributed by atoms with Crippen molar-refractivity contribution >= 4 is 33.5 Å². The summed E-state index contributed by atoms with van der Waals surface area (Å²) in [5, 5.41) is 12.7. The van der Waals surface area contributed by atoms with Crippen LogP contribution in [0, 0.1) is 17.0 Å². The highest BCUT2D eigenvalue weighted by Gasteiger charge is 2.17. The monoisotopic (exact) mass is 360 g/mol. The largest absolute Gasteiger partial charge is 0.425 e. The van der Waals surface area contributed by atoms with E-state index < -0.39 is 10.9 Å². The first-order valence-electron chi connectivity index (χ1n) is 8.46. The maximum absolute atomic E-state index is 12.5. The van der Waals surface area contributed by atoms with E-state index in [2.05, 4.69) is 0 Å². The fourth-order valence-corrected chi connectivity index (χ4v) is 3.28. The van der Waals surface area contributed by atoms with Crippen LogP contribution in [0.15, 0.2) is 66.7 Å². The van der Waals surface area contributed by atoms with Gasteiger partial charge in [-0.25, -0.2) is 4.79 Å². The van der Waals surface area contributed by atoms with Crippen LogP contribution in [-0.2, 0) is 11.3 Å². The number of carbonyl (C=O) groups excluding carboxylic acids is 1. The molecular weight excluding hydrogens is 344 g/mol. The summed E-state index contributed by atoms with van der Waals surface area (Å²) in [5.41, 5.74) is 2.48. The van der Waals surface area contributed by atoms with Crippen molar-refractivity contribution in [2.75, 3.05) is 0 Å². The average molecular weight is 360 g/mol. The first-order chi connectivity index (χ1) is 13.0. The lowest BCUT2D eigenvalue weighted by molar-refractivity contribution is -0.384. The number of benzene rings is 3. The fraction of sp³-hybridized carbons (Fsp3) is 0.0952. The Bertz CT molecular complexity index is 1190. The lowest BCUT2D eigenvalue weighted by Crippen LogP contribution is -2.16. The van der Waals surface area contributed by atoms with Crippen molar-refractivity contribution in [1.82, 2.24) is 4.57 Å². The zero-order valence-electron chi connectivity index (χ0n) is 14.6. The van der Waals surface area contributed by atoms with Crippen molar-refractivity contribution in [2.24, 2.45) is 0 Å². The molecule has 27 heavy (non-hydrogen) atoms. The van der Waals surface area contributed by atoms with Gasteiger partial charge in [-0.1, -0.05) is 36.4 Å². The van der Waals surface area contributed by atoms with Crippen molar-refractivity contribution < 1.29 is 14.5 Å². The molecule has 0 aliphatic heterocycles. The Morgan fingerprint density at radius 3 is 2.48 bits per heavy atom. The van der Waals surface area contributed by atoms with Crippen LogP contribution < -0.4 is 4.74 Å². The Hall–Kier alpha value is -3.67. The Morgan fingerprint density at radius 2 is 1.70 bits per heavy atom. The van der Waals surface area contributed by atoms with E-state index in [0.29, 0.717) is 5.75 Å². The molecule has 0 amide bonds. The number of fused-ring (bicyclic) bond motifs is 3. The number of aryl methyl sites for hydroxylation is 1. The number of aromatic nitrogens is 1. The minimum Gasteiger partial charge on any atom is -0.425 e. The molecule has 0 atom stereocenters. The number of rotatable bonds is 4. The maximum Gasteiger partial charge on any atom is 0.331 e. The number of esters is 1. The number of carbonyl (C=O) groups is 1. The Labute approximate surface area is 154 Å². The van der Waals surface area contributed by atoms with Gasteiger partial charge in [-0.15, -0.1) is 0 Å². The average Bonchev–Trinajstić information content (AvgIpc) is 2.97. The van der Waals surface area contributed by atoms with Crippen LogP contribution in [0.3, 0.4) is 0 Å². The van der Waals surface area contributed by atoms with Gasteiger partial charge in [0.2, 0.25) is 0 Å². The number of nitro benzene ring substituents is 1. The summed E-state index contributed by atoms with van der Waals surface area (Å²) in [4.78, 5) is 23.2. The van der Waals surface area contributed by atoms with Gasteiger partial charge in [-0.2, -0.15) is 0 Å². The van der Waals surface area contributed by atoms with Gasteiger partial charge >= 0.3 is 5.97 Å². The Morgan fingerprint density at radius 1 is 1.00 bits per heavy atom. The molecule has 1 heterocycles. The van der Waals surface area contributed by atoms with Crippen molar-refractivity contribution in [3.63, 3.8) is 0 Å². The summed E-state index contributed by atoms with van der Waals surface area (Å²) < 4.78 is 7.34. The summed E-state index contributed by atoms with van der Waals surface area (Å²) in [5.74, 6) is 0.129. The number of hydrogen-bond donors (Lipinski definition) is 0. The molecule has 0 aliphatic carbocycles. The van der Waals surface area contributed by atoms with Gasteiger partial charge in [0.1, 0.15) is 12.3 Å². The fourth-order valence-electron chi connectivity index (χ4n) is 3.28. The number of non-ortho nitro benzene ring substituents is 1. The molecule has 0 fully saturated rings. The summed E-state index contributed by atoms with van der Waals surface area (Å²) in [6.07, 6.45) is 0. The van der Waals surface area contributed by atoms with Crippen molar-refractivity contribution in [3.8, 4) is 5.75 Å². The molecule has 0 radical (unpaired) electrons. The summed E-state index contributed by atoms with van der Waals surface area (Å²) in [6.45, 7) is 1.89. The molecule has 6 heteroatoms. The smallest absolute Gasteiger partial charge is 0.331 e. The van der Waals surface area contributed by atoms with Gasteiger partial charge in [0.05, 0.1) is 10.4 Å². The Kier molecular flexibility index (Phi) is 4.08. The van der Waals surface area contributed by atoms with E-state index in [1.807, 2.05) is 54.0 Å². The van der Waals surface area contributed by atoms with E-state index in [4.69, 9.17) is 4.74 Å². The first kappa shape index (κ1) is 16.8. The number of nitro groups is 1. The summed E-state index contributed by atoms with van der Waals surface area (Å²) in [6, 6.07) is 19.5. The van der Waals surface area contributed by atoms with Crippen molar-refractivity contribution in [2.45, 2.75) is 13.5 Å². The van der Waals surface area contributed by atoms with E-state index in [0.717, 1.165) is 27.4 Å². The normalized spacial score (nSPS) is 11.0. The predicted molar refractivity (Wildman–Crippen MR) is 103 cm³/mol. The second kappa shape index (κ2) is 6.57. The third kappa shape index (κ3) is 3.01. The lowest BCUT2D eigenvalue weighted by atomic mass is 10.1. The highest BCUT2D eigenvalue weighted by Crippen LogP contribution is 2.31. The number of nitrogens with zero attached hydrogens (tertiary/aromatic N) is 2. The van der Waals surface area contributed by atoms with E-state index in [9.17, 15) is 14.9 Å². The van der Waals surface area contributed by atoms with Crippen LogP contribution in [-0.4, -0.2) is 15.5 Å². The third-order valence-electron chi connectivity index (χ3n) is 4.57. The van der Waals surface area contributed by atoms with Crippen LogP contribution in [0.5, 0.6) is 5.75 Å². The molecule has 3 aromatic carbocycles. The van der Waals surface area contributed by atoms with Gasteiger partial charge in [0.25, 0.3) is 5.69 Å². The third-order valence-corrected chi connectivity index (χ3v) is 4.57. The lowest BCUT2D eigenvalue weighted by Gasteiger charge is -2.09. The highest BCUT2D eigenvalue weighted by molar-refractivity contribution is 6.09. The number of para-hydroxylation sites is 2. The molecular formula is C21H16N2O4. The van der Waals surface area contributed by atoms with E-state index in [-0.39, 0.29) is 12.2 Å². The molecule has 0 saturated carbocycles. The highest BCUT2D eigenvalue weighted by atomic mass is 16.6. The van der Waals surface area contributed by atoms with Gasteiger partial charge in [-0.3, -0.25) is 10.1 Å². The minimum absolute atomic E-state index is 0.0101. The summed E-state index contributed by atoms with van der Waals surface area (Å²) >= 11 is 0. The summed E-state index contributed by atoms with van der Waals surface area (Å²) in [7, 11) is 0. The Balaban J connectivity index is 1.77. The molecule has 4 rings (SSSR count). The number of ether oxygens (including phenoxy) is 1. The molecule has 0 spiro atoms. The molecule has 134 valence electrons. The van der Waals surface area contributed by atoms with Crippen LogP contribution in [0.2, 0.25) is 0 Å². The molecule has 0 unspecified atom stereocenters. The SMILES string of the molecule is Cc1ccccc1OC(=O)Cn1c2ccccc2c2cc([N+](=O)[O-])ccc21. The van der Waals surface area contributed by atoms with Crippen LogP contribution in [0.4, 0.5) is 5.69 Å². The van der Waals surface area contributed by atoms with Gasteiger partial charge in [0.15, 0.2) is 0 Å². The van der Waals surface area contributed by atoms with Crippen molar-refractivity contribution in [1.29, 1.82) is 0 Å². The number of hydrogen-bond acceptors (Lipinski definition) is 4. The quantitative estimate of drug-likeness (QED) is 0.230. The first-order valence-corrected chi connectivity index (χ1v) is 8.46. The van der Waals surface area contributed by atoms with Crippen LogP contribution in [0.1, 0.15) is 5.56 Å². The van der Waals surface area contributed by atoms with Crippen molar-refractivity contribution in [3.05, 3.63) is 82.4 Å². The van der Waals surface area contributed by atoms with E-state index in [1.165, 1.54) is 6.07 Å². The van der Waals surface area contributed by atoms with Gasteiger partial charge in [-0.05, 0) is 30.7 Å². The second-order valence-corrected chi connectivity index (χ2v) is 6.30. The molecule has 6 nitrogen and oxygen atoms in total. The van der Waals surface area contributed by atoms with E-state index >= 15 is 0 Å². The topological polar surface area (TPSA) is 74.4 Å². The maximum atomic E-state index is 12.5. The molecule has 0 N–H and O–H groups in total. The predicted octanol–water partition coefficient (Wildman–Crippen LogP) is 4.62. The van der Waals surface area contributed by atoms with E-state index in [1.54, 1.807) is 18.2 Å². The standard InChI is InChI=1S/C21H16N2O4/c1-14-6-2-5-9-20(14)27-21(24)13-22-18-8-4-3-7-16(18)17-12-15(23(25)26)10-11-19(17)22/h2-12H,13H2,1H3. The van der Waals surface area contributed by atoms with Gasteiger partial charge < -0.3 is 9.30 Å². The minimum atomic E-state index is -0.419. The molecule has 0 saturated heterocycles. The zero-order valence-corrected chi connectivity index (χ0v) is 14.6.